The highest BCUT2D eigenvalue weighted by molar-refractivity contribution is 6.30. The summed E-state index contributed by atoms with van der Waals surface area (Å²) in [7, 11) is 0. The number of aromatic nitrogens is 2. The molecule has 0 saturated heterocycles. The lowest BCUT2D eigenvalue weighted by Gasteiger charge is -2.28. The third-order valence-electron chi connectivity index (χ3n) is 2.40. The maximum atomic E-state index is 11.6. The summed E-state index contributed by atoms with van der Waals surface area (Å²) in [6.45, 7) is 3.80. The molecule has 0 bridgehead atoms. The van der Waals surface area contributed by atoms with Crippen molar-refractivity contribution in [3.05, 3.63) is 18.2 Å². The van der Waals surface area contributed by atoms with Crippen LogP contribution in [-0.2, 0) is 17.9 Å². The predicted molar refractivity (Wildman–Crippen MR) is 53.0 cm³/mol. The molecule has 1 amide bonds. The summed E-state index contributed by atoms with van der Waals surface area (Å²) in [6, 6.07) is 0. The van der Waals surface area contributed by atoms with Crippen molar-refractivity contribution < 1.29 is 4.79 Å². The number of fused-ring (bicyclic) bond motifs is 1. The number of carbonyl (C=O) groups excluding carboxylic acids is 1. The standard InChI is InChI=1S/C9H12ClN3O/c1-7(10)9(14)13-5-4-12-3-2-11-8(12)6-13/h2-3,7H,4-6H2,1H3. The van der Waals surface area contributed by atoms with Gasteiger partial charge in [-0.05, 0) is 6.92 Å². The fourth-order valence-electron chi connectivity index (χ4n) is 1.61. The molecule has 5 heteroatoms. The summed E-state index contributed by atoms with van der Waals surface area (Å²) in [4.78, 5) is 17.5. The van der Waals surface area contributed by atoms with Gasteiger partial charge in [-0.15, -0.1) is 11.6 Å². The second kappa shape index (κ2) is 3.61. The van der Waals surface area contributed by atoms with Crippen molar-refractivity contribution in [2.24, 2.45) is 0 Å². The van der Waals surface area contributed by atoms with Crippen LogP contribution in [0.4, 0.5) is 0 Å². The average molecular weight is 214 g/mol. The highest BCUT2D eigenvalue weighted by Crippen LogP contribution is 2.12. The molecule has 0 N–H and O–H groups in total. The molecule has 1 aliphatic rings. The van der Waals surface area contributed by atoms with E-state index in [4.69, 9.17) is 11.6 Å². The van der Waals surface area contributed by atoms with Crippen LogP contribution in [0.25, 0.3) is 0 Å². The van der Waals surface area contributed by atoms with Gasteiger partial charge in [0.05, 0.1) is 6.54 Å². The van der Waals surface area contributed by atoms with Gasteiger partial charge in [0, 0.05) is 25.5 Å². The van der Waals surface area contributed by atoms with E-state index >= 15 is 0 Å². The van der Waals surface area contributed by atoms with Crippen LogP contribution in [0.1, 0.15) is 12.7 Å². The number of alkyl halides is 1. The molecule has 4 nitrogen and oxygen atoms in total. The molecule has 76 valence electrons. The quantitative estimate of drug-likeness (QED) is 0.649. The Morgan fingerprint density at radius 1 is 1.64 bits per heavy atom. The molecule has 0 aromatic carbocycles. The van der Waals surface area contributed by atoms with E-state index in [0.29, 0.717) is 6.54 Å². The number of carbonyl (C=O) groups is 1. The predicted octanol–water partition coefficient (Wildman–Crippen LogP) is 0.853. The first-order chi connectivity index (χ1) is 6.68. The second-order valence-corrected chi connectivity index (χ2v) is 4.07. The van der Waals surface area contributed by atoms with Crippen molar-refractivity contribution in [3.8, 4) is 0 Å². The van der Waals surface area contributed by atoms with Gasteiger partial charge in [-0.25, -0.2) is 4.98 Å². The number of amides is 1. The molecule has 0 spiro atoms. The molecule has 0 saturated carbocycles. The van der Waals surface area contributed by atoms with Crippen LogP contribution in [0.15, 0.2) is 12.4 Å². The van der Waals surface area contributed by atoms with Crippen LogP contribution in [0, 0.1) is 0 Å². The first kappa shape index (κ1) is 9.52. The third kappa shape index (κ3) is 1.62. The average Bonchev–Trinajstić information content (AvgIpc) is 2.62. The highest BCUT2D eigenvalue weighted by atomic mass is 35.5. The van der Waals surface area contributed by atoms with Crippen LogP contribution in [0.3, 0.4) is 0 Å². The zero-order chi connectivity index (χ0) is 10.1. The van der Waals surface area contributed by atoms with Gasteiger partial charge in [-0.2, -0.15) is 0 Å². The van der Waals surface area contributed by atoms with Crippen molar-refractivity contribution >= 4 is 17.5 Å². The molecule has 2 rings (SSSR count). The summed E-state index contributed by atoms with van der Waals surface area (Å²) in [5.74, 6) is 0.919. The highest BCUT2D eigenvalue weighted by Gasteiger charge is 2.23. The zero-order valence-electron chi connectivity index (χ0n) is 7.98. The Morgan fingerprint density at radius 2 is 2.43 bits per heavy atom. The zero-order valence-corrected chi connectivity index (χ0v) is 8.74. The summed E-state index contributed by atoms with van der Waals surface area (Å²) in [5, 5.41) is -0.448. The van der Waals surface area contributed by atoms with E-state index in [1.165, 1.54) is 0 Å². The first-order valence-electron chi connectivity index (χ1n) is 4.61. The van der Waals surface area contributed by atoms with Gasteiger partial charge in [0.25, 0.3) is 0 Å². The van der Waals surface area contributed by atoms with Gasteiger partial charge in [0.1, 0.15) is 11.2 Å². The number of hydrogen-bond donors (Lipinski definition) is 0. The SMILES string of the molecule is CC(Cl)C(=O)N1CCn2ccnc2C1. The van der Waals surface area contributed by atoms with Crippen molar-refractivity contribution in [1.29, 1.82) is 0 Å². The molecule has 14 heavy (non-hydrogen) atoms. The third-order valence-corrected chi connectivity index (χ3v) is 2.58. The lowest BCUT2D eigenvalue weighted by Crippen LogP contribution is -2.41. The monoisotopic (exact) mass is 213 g/mol. The Morgan fingerprint density at radius 3 is 3.14 bits per heavy atom. The smallest absolute Gasteiger partial charge is 0.240 e. The van der Waals surface area contributed by atoms with Gasteiger partial charge in [0.2, 0.25) is 5.91 Å². The molecule has 2 heterocycles. The lowest BCUT2D eigenvalue weighted by atomic mass is 10.3. The molecule has 0 radical (unpaired) electrons. The van der Waals surface area contributed by atoms with E-state index in [1.807, 2.05) is 6.20 Å². The summed E-state index contributed by atoms with van der Waals surface area (Å²) < 4.78 is 2.06. The second-order valence-electron chi connectivity index (χ2n) is 3.41. The molecule has 0 fully saturated rings. The van der Waals surface area contributed by atoms with E-state index in [9.17, 15) is 4.79 Å². The topological polar surface area (TPSA) is 38.1 Å². The van der Waals surface area contributed by atoms with Gasteiger partial charge in [-0.1, -0.05) is 0 Å². The summed E-state index contributed by atoms with van der Waals surface area (Å²) in [5.41, 5.74) is 0. The molecule has 1 atom stereocenters. The Balaban J connectivity index is 2.11. The maximum absolute atomic E-state index is 11.6. The number of hydrogen-bond acceptors (Lipinski definition) is 2. The van der Waals surface area contributed by atoms with E-state index < -0.39 is 5.38 Å². The minimum absolute atomic E-state index is 0.0130. The molecule has 1 unspecified atom stereocenters. The molecule has 1 aliphatic heterocycles. The Hall–Kier alpha value is -1.03. The number of halogens is 1. The van der Waals surface area contributed by atoms with Crippen LogP contribution in [-0.4, -0.2) is 32.3 Å². The van der Waals surface area contributed by atoms with Gasteiger partial charge >= 0.3 is 0 Å². The van der Waals surface area contributed by atoms with E-state index in [-0.39, 0.29) is 5.91 Å². The minimum Gasteiger partial charge on any atom is -0.332 e. The summed E-state index contributed by atoms with van der Waals surface area (Å²) >= 11 is 5.74. The Kier molecular flexibility index (Phi) is 2.46. The molecular weight excluding hydrogens is 202 g/mol. The van der Waals surface area contributed by atoms with E-state index in [1.54, 1.807) is 18.0 Å². The maximum Gasteiger partial charge on any atom is 0.240 e. The van der Waals surface area contributed by atoms with Crippen molar-refractivity contribution in [1.82, 2.24) is 14.5 Å². The first-order valence-corrected chi connectivity index (χ1v) is 5.05. The fourth-order valence-corrected chi connectivity index (χ4v) is 1.75. The Labute approximate surface area is 87.5 Å². The van der Waals surface area contributed by atoms with Crippen LogP contribution >= 0.6 is 11.6 Å². The summed E-state index contributed by atoms with van der Waals surface area (Å²) in [6.07, 6.45) is 3.69. The number of nitrogens with zero attached hydrogens (tertiary/aromatic N) is 3. The van der Waals surface area contributed by atoms with Gasteiger partial charge < -0.3 is 9.47 Å². The lowest BCUT2D eigenvalue weighted by molar-refractivity contribution is -0.132. The van der Waals surface area contributed by atoms with E-state index in [0.717, 1.165) is 18.9 Å². The van der Waals surface area contributed by atoms with Crippen LogP contribution in [0.5, 0.6) is 0 Å². The van der Waals surface area contributed by atoms with Gasteiger partial charge in [-0.3, -0.25) is 4.79 Å². The van der Waals surface area contributed by atoms with E-state index in [2.05, 4.69) is 9.55 Å². The van der Waals surface area contributed by atoms with Crippen molar-refractivity contribution in [2.75, 3.05) is 6.54 Å². The normalized spacial score (nSPS) is 17.7. The molecule has 1 aromatic heterocycles. The van der Waals surface area contributed by atoms with Crippen LogP contribution < -0.4 is 0 Å². The van der Waals surface area contributed by atoms with Crippen LogP contribution in [0.2, 0.25) is 0 Å². The largest absolute Gasteiger partial charge is 0.332 e. The fraction of sp³-hybridized carbons (Fsp3) is 0.556. The molecule has 0 aliphatic carbocycles. The molecule has 1 aromatic rings. The number of imidazole rings is 1. The van der Waals surface area contributed by atoms with Crippen molar-refractivity contribution in [3.63, 3.8) is 0 Å². The van der Waals surface area contributed by atoms with Gasteiger partial charge in [0.15, 0.2) is 0 Å². The molecular formula is C9H12ClN3O. The van der Waals surface area contributed by atoms with Crippen molar-refractivity contribution in [2.45, 2.75) is 25.4 Å². The Bertz CT molecular complexity index is 348. The minimum atomic E-state index is -0.448. The number of rotatable bonds is 1.